The number of nitrogens with one attached hydrogen (secondary N) is 1. The molecule has 0 radical (unpaired) electrons. The summed E-state index contributed by atoms with van der Waals surface area (Å²) >= 11 is 0. The Bertz CT molecular complexity index is 334. The summed E-state index contributed by atoms with van der Waals surface area (Å²) in [4.78, 5) is 24.4. The van der Waals surface area contributed by atoms with Gasteiger partial charge in [-0.05, 0) is 0 Å². The number of rotatable bonds is 2. The highest BCUT2D eigenvalue weighted by molar-refractivity contribution is 5.99. The van der Waals surface area contributed by atoms with Gasteiger partial charge in [0.15, 0.2) is 11.4 Å². The van der Waals surface area contributed by atoms with Crippen LogP contribution in [0, 0.1) is 0 Å². The zero-order chi connectivity index (χ0) is 10.7. The highest BCUT2D eigenvalue weighted by atomic mass is 16.5. The van der Waals surface area contributed by atoms with Gasteiger partial charge in [-0.15, -0.1) is 0 Å². The molecule has 6 heteroatoms. The first kappa shape index (κ1) is 10.1. The van der Waals surface area contributed by atoms with Gasteiger partial charge in [0, 0.05) is 6.20 Å². The van der Waals surface area contributed by atoms with Gasteiger partial charge < -0.3 is 19.6 Å². The Hall–Kier alpha value is -1.98. The van der Waals surface area contributed by atoms with Crippen molar-refractivity contribution in [2.75, 3.05) is 14.2 Å². The Balaban J connectivity index is 3.08. The van der Waals surface area contributed by atoms with Crippen LogP contribution in [0.1, 0.15) is 20.8 Å². The number of aromatic amines is 1. The molecule has 1 aromatic heterocycles. The maximum Gasteiger partial charge on any atom is 0.358 e. The molecule has 0 saturated carbocycles. The molecule has 1 rings (SSSR count). The average molecular weight is 199 g/mol. The zero-order valence-corrected chi connectivity index (χ0v) is 7.66. The van der Waals surface area contributed by atoms with E-state index in [1.165, 1.54) is 20.4 Å². The van der Waals surface area contributed by atoms with Gasteiger partial charge in [0.05, 0.1) is 14.2 Å². The van der Waals surface area contributed by atoms with Gasteiger partial charge >= 0.3 is 11.9 Å². The number of esters is 2. The third-order valence-corrected chi connectivity index (χ3v) is 1.65. The van der Waals surface area contributed by atoms with E-state index in [-0.39, 0.29) is 11.3 Å². The summed E-state index contributed by atoms with van der Waals surface area (Å²) in [7, 11) is 2.34. The van der Waals surface area contributed by atoms with Crippen LogP contribution in [0.5, 0.6) is 5.75 Å². The number of ether oxygens (including phenoxy) is 2. The average Bonchev–Trinajstić information content (AvgIpc) is 2.58. The van der Waals surface area contributed by atoms with Crippen molar-refractivity contribution in [2.24, 2.45) is 0 Å². The number of hydrogen-bond donors (Lipinski definition) is 2. The molecule has 0 aliphatic carbocycles. The third kappa shape index (κ3) is 1.54. The minimum absolute atomic E-state index is 0.104. The van der Waals surface area contributed by atoms with E-state index in [1.807, 2.05) is 0 Å². The number of aromatic hydroxyl groups is 1. The van der Waals surface area contributed by atoms with E-state index < -0.39 is 17.7 Å². The van der Waals surface area contributed by atoms with Crippen molar-refractivity contribution in [3.8, 4) is 5.75 Å². The standard InChI is InChI=1S/C8H9NO5/c1-13-7(11)4-3-9-5(6(4)10)8(12)14-2/h3,9-10H,1-2H3. The summed E-state index contributed by atoms with van der Waals surface area (Å²) in [5, 5.41) is 9.40. The molecule has 14 heavy (non-hydrogen) atoms. The smallest absolute Gasteiger partial charge is 0.358 e. The zero-order valence-electron chi connectivity index (χ0n) is 7.66. The van der Waals surface area contributed by atoms with Gasteiger partial charge in [0.2, 0.25) is 0 Å². The van der Waals surface area contributed by atoms with Crippen LogP contribution in [0.3, 0.4) is 0 Å². The molecule has 0 spiro atoms. The molecular formula is C8H9NO5. The number of aromatic nitrogens is 1. The van der Waals surface area contributed by atoms with Crippen molar-refractivity contribution in [1.82, 2.24) is 4.98 Å². The number of hydrogen-bond acceptors (Lipinski definition) is 5. The molecule has 6 nitrogen and oxygen atoms in total. The van der Waals surface area contributed by atoms with Gasteiger partial charge in [-0.2, -0.15) is 0 Å². The van der Waals surface area contributed by atoms with Crippen LogP contribution in [-0.2, 0) is 9.47 Å². The highest BCUT2D eigenvalue weighted by Gasteiger charge is 2.21. The maximum absolute atomic E-state index is 11.0. The van der Waals surface area contributed by atoms with Crippen LogP contribution in [0.2, 0.25) is 0 Å². The van der Waals surface area contributed by atoms with Gasteiger partial charge in [-0.1, -0.05) is 0 Å². The molecule has 0 fully saturated rings. The van der Waals surface area contributed by atoms with Crippen molar-refractivity contribution in [3.63, 3.8) is 0 Å². The van der Waals surface area contributed by atoms with E-state index in [9.17, 15) is 14.7 Å². The lowest BCUT2D eigenvalue weighted by atomic mass is 10.3. The number of carbonyl (C=O) groups excluding carboxylic acids is 2. The Kier molecular flexibility index (Phi) is 2.76. The molecule has 0 saturated heterocycles. The Morgan fingerprint density at radius 2 is 1.86 bits per heavy atom. The van der Waals surface area contributed by atoms with Crippen molar-refractivity contribution >= 4 is 11.9 Å². The summed E-state index contributed by atoms with van der Waals surface area (Å²) in [6, 6.07) is 0. The molecular weight excluding hydrogens is 190 g/mol. The first-order chi connectivity index (χ1) is 6.61. The fourth-order valence-corrected chi connectivity index (χ4v) is 0.939. The van der Waals surface area contributed by atoms with E-state index in [0.29, 0.717) is 0 Å². The predicted octanol–water partition coefficient (Wildman–Crippen LogP) is 0.293. The number of H-pyrrole nitrogens is 1. The molecule has 76 valence electrons. The molecule has 0 aliphatic rings. The van der Waals surface area contributed by atoms with Gasteiger partial charge in [0.1, 0.15) is 5.56 Å². The van der Waals surface area contributed by atoms with Crippen molar-refractivity contribution in [3.05, 3.63) is 17.5 Å². The van der Waals surface area contributed by atoms with Crippen LogP contribution in [0.15, 0.2) is 6.20 Å². The summed E-state index contributed by atoms with van der Waals surface area (Å²) in [6.07, 6.45) is 1.17. The molecule has 0 aromatic carbocycles. The van der Waals surface area contributed by atoms with Crippen LogP contribution < -0.4 is 0 Å². The largest absolute Gasteiger partial charge is 0.505 e. The summed E-state index contributed by atoms with van der Waals surface area (Å²) in [5.74, 6) is -1.95. The maximum atomic E-state index is 11.0. The third-order valence-electron chi connectivity index (χ3n) is 1.65. The first-order valence-electron chi connectivity index (χ1n) is 3.68. The second-order valence-corrected chi connectivity index (χ2v) is 2.41. The molecule has 0 aliphatic heterocycles. The normalized spacial score (nSPS) is 9.57. The van der Waals surface area contributed by atoms with Gasteiger partial charge in [-0.3, -0.25) is 0 Å². The molecule has 0 amide bonds. The topological polar surface area (TPSA) is 88.6 Å². The van der Waals surface area contributed by atoms with Crippen molar-refractivity contribution < 1.29 is 24.2 Å². The minimum atomic E-state index is -0.752. The SMILES string of the molecule is COC(=O)c1c[nH]c(C(=O)OC)c1O. The Morgan fingerprint density at radius 3 is 2.36 bits per heavy atom. The fourth-order valence-electron chi connectivity index (χ4n) is 0.939. The van der Waals surface area contributed by atoms with E-state index >= 15 is 0 Å². The minimum Gasteiger partial charge on any atom is -0.505 e. The first-order valence-corrected chi connectivity index (χ1v) is 3.68. The Morgan fingerprint density at radius 1 is 1.29 bits per heavy atom. The summed E-state index contributed by atoms with van der Waals surface area (Å²) < 4.78 is 8.73. The van der Waals surface area contributed by atoms with Crippen LogP contribution in [0.25, 0.3) is 0 Å². The summed E-state index contributed by atoms with van der Waals surface area (Å²) in [5.41, 5.74) is -0.277. The molecule has 1 heterocycles. The lowest BCUT2D eigenvalue weighted by Crippen LogP contribution is -2.03. The Labute approximate surface area is 79.4 Å². The molecule has 0 atom stereocenters. The van der Waals surface area contributed by atoms with Crippen LogP contribution >= 0.6 is 0 Å². The molecule has 1 aromatic rings. The van der Waals surface area contributed by atoms with E-state index in [1.54, 1.807) is 0 Å². The fraction of sp³-hybridized carbons (Fsp3) is 0.250. The van der Waals surface area contributed by atoms with Gasteiger partial charge in [0.25, 0.3) is 0 Å². The highest BCUT2D eigenvalue weighted by Crippen LogP contribution is 2.22. The van der Waals surface area contributed by atoms with E-state index in [0.717, 1.165) is 0 Å². The quantitative estimate of drug-likeness (QED) is 0.668. The number of methoxy groups -OCH3 is 2. The second-order valence-electron chi connectivity index (χ2n) is 2.41. The van der Waals surface area contributed by atoms with Crippen LogP contribution in [0.4, 0.5) is 0 Å². The number of carbonyl (C=O) groups is 2. The van der Waals surface area contributed by atoms with E-state index in [4.69, 9.17) is 0 Å². The summed E-state index contributed by atoms with van der Waals surface area (Å²) in [6.45, 7) is 0. The van der Waals surface area contributed by atoms with Crippen LogP contribution in [-0.4, -0.2) is 36.2 Å². The molecule has 0 bridgehead atoms. The lowest BCUT2D eigenvalue weighted by molar-refractivity contribution is 0.0591. The predicted molar refractivity (Wildman–Crippen MR) is 45.1 cm³/mol. The van der Waals surface area contributed by atoms with Crippen molar-refractivity contribution in [1.29, 1.82) is 0 Å². The second kappa shape index (κ2) is 3.82. The lowest BCUT2D eigenvalue weighted by Gasteiger charge is -1.97. The van der Waals surface area contributed by atoms with Crippen molar-refractivity contribution in [2.45, 2.75) is 0 Å². The van der Waals surface area contributed by atoms with Gasteiger partial charge in [-0.25, -0.2) is 9.59 Å². The van der Waals surface area contributed by atoms with E-state index in [2.05, 4.69) is 14.5 Å². The molecule has 0 unspecified atom stereocenters. The molecule has 2 N–H and O–H groups in total. The monoisotopic (exact) mass is 199 g/mol.